The molecule has 7 nitrogen and oxygen atoms in total. The topological polar surface area (TPSA) is 78.7 Å². The number of amides is 1. The zero-order chi connectivity index (χ0) is 24.5. The molecular weight excluding hydrogens is 454 g/mol. The van der Waals surface area contributed by atoms with Gasteiger partial charge in [0.15, 0.2) is 0 Å². The van der Waals surface area contributed by atoms with Crippen LogP contribution in [0.2, 0.25) is 0 Å². The third-order valence-corrected chi connectivity index (χ3v) is 6.79. The molecule has 3 aromatic rings. The number of hydrogen-bond acceptors (Lipinski definition) is 5. The Morgan fingerprint density at radius 2 is 1.83 bits per heavy atom. The summed E-state index contributed by atoms with van der Waals surface area (Å²) in [6, 6.07) is 17.0. The zero-order valence-electron chi connectivity index (χ0n) is 18.9. The number of nitro groups is 1. The van der Waals surface area contributed by atoms with Crippen LogP contribution in [-0.2, 0) is 17.8 Å². The van der Waals surface area contributed by atoms with Crippen molar-refractivity contribution in [2.75, 3.05) is 29.4 Å². The standard InChI is InChI=1S/C26H24F2N4O3/c27-19-4-6-21(7-5-19)30-10-11-31-24-9-8-22(32(34)35)13-18(24)14-23(25(31)16-30)26(33)29-15-17-2-1-3-20(28)12-17/h1-9,12-13,23,25H,10-11,14-16H2,(H,29,33). The fourth-order valence-corrected chi connectivity index (χ4v) is 5.08. The van der Waals surface area contributed by atoms with Crippen LogP contribution in [0.5, 0.6) is 0 Å². The van der Waals surface area contributed by atoms with Gasteiger partial charge in [-0.2, -0.15) is 0 Å². The first-order valence-electron chi connectivity index (χ1n) is 11.5. The van der Waals surface area contributed by atoms with Gasteiger partial charge in [-0.05, 0) is 60.0 Å². The first kappa shape index (κ1) is 22.8. The average Bonchev–Trinajstić information content (AvgIpc) is 2.86. The summed E-state index contributed by atoms with van der Waals surface area (Å²) in [5.41, 5.74) is 3.18. The molecule has 0 radical (unpaired) electrons. The number of benzene rings is 3. The van der Waals surface area contributed by atoms with Crippen molar-refractivity contribution in [3.63, 3.8) is 0 Å². The summed E-state index contributed by atoms with van der Waals surface area (Å²) in [5, 5.41) is 14.3. The quantitative estimate of drug-likeness (QED) is 0.442. The van der Waals surface area contributed by atoms with Crippen LogP contribution in [0.1, 0.15) is 11.1 Å². The summed E-state index contributed by atoms with van der Waals surface area (Å²) in [5.74, 6) is -1.34. The maximum Gasteiger partial charge on any atom is 0.269 e. The smallest absolute Gasteiger partial charge is 0.269 e. The lowest BCUT2D eigenvalue weighted by Crippen LogP contribution is -2.61. The van der Waals surface area contributed by atoms with Gasteiger partial charge in [0.1, 0.15) is 11.6 Å². The van der Waals surface area contributed by atoms with E-state index in [-0.39, 0.29) is 35.8 Å². The third-order valence-electron chi connectivity index (χ3n) is 6.79. The Bertz CT molecular complexity index is 1270. The molecule has 5 rings (SSSR count). The first-order valence-corrected chi connectivity index (χ1v) is 11.5. The average molecular weight is 478 g/mol. The van der Waals surface area contributed by atoms with Crippen molar-refractivity contribution in [3.05, 3.63) is 99.6 Å². The number of anilines is 2. The van der Waals surface area contributed by atoms with E-state index in [9.17, 15) is 23.7 Å². The molecule has 35 heavy (non-hydrogen) atoms. The second kappa shape index (κ2) is 9.32. The normalized spacial score (nSPS) is 19.0. The molecule has 2 atom stereocenters. The highest BCUT2D eigenvalue weighted by molar-refractivity contribution is 5.82. The molecule has 180 valence electrons. The molecule has 0 aliphatic carbocycles. The van der Waals surface area contributed by atoms with Crippen LogP contribution in [0.15, 0.2) is 66.7 Å². The van der Waals surface area contributed by atoms with E-state index in [1.54, 1.807) is 36.4 Å². The Morgan fingerprint density at radius 3 is 2.57 bits per heavy atom. The molecule has 2 heterocycles. The molecule has 3 aromatic carbocycles. The molecule has 2 aliphatic rings. The molecule has 0 bridgehead atoms. The van der Waals surface area contributed by atoms with Gasteiger partial charge < -0.3 is 15.1 Å². The molecule has 2 aliphatic heterocycles. The van der Waals surface area contributed by atoms with Crippen LogP contribution in [0.3, 0.4) is 0 Å². The lowest BCUT2D eigenvalue weighted by Gasteiger charge is -2.49. The van der Waals surface area contributed by atoms with Crippen molar-refractivity contribution < 1.29 is 18.5 Å². The highest BCUT2D eigenvalue weighted by Crippen LogP contribution is 2.38. The fourth-order valence-electron chi connectivity index (χ4n) is 5.08. The van der Waals surface area contributed by atoms with Gasteiger partial charge in [-0.1, -0.05) is 12.1 Å². The van der Waals surface area contributed by atoms with E-state index in [0.717, 1.165) is 16.9 Å². The number of carbonyl (C=O) groups is 1. The summed E-state index contributed by atoms with van der Waals surface area (Å²) < 4.78 is 27.0. The number of rotatable bonds is 5. The van der Waals surface area contributed by atoms with Gasteiger partial charge in [-0.15, -0.1) is 0 Å². The van der Waals surface area contributed by atoms with Crippen molar-refractivity contribution in [2.24, 2.45) is 5.92 Å². The first-order chi connectivity index (χ1) is 16.9. The van der Waals surface area contributed by atoms with E-state index < -0.39 is 10.8 Å². The number of carbonyl (C=O) groups excluding carboxylic acids is 1. The molecule has 9 heteroatoms. The lowest BCUT2D eigenvalue weighted by atomic mass is 9.83. The number of non-ortho nitro benzene ring substituents is 1. The summed E-state index contributed by atoms with van der Waals surface area (Å²) in [6.45, 7) is 2.00. The Labute approximate surface area is 201 Å². The van der Waals surface area contributed by atoms with E-state index in [2.05, 4.69) is 15.1 Å². The van der Waals surface area contributed by atoms with Crippen LogP contribution < -0.4 is 15.1 Å². The van der Waals surface area contributed by atoms with E-state index in [1.807, 2.05) is 0 Å². The Morgan fingerprint density at radius 1 is 1.03 bits per heavy atom. The molecule has 0 aromatic heterocycles. The molecule has 0 spiro atoms. The predicted octanol–water partition coefficient (Wildman–Crippen LogP) is 4.06. The Kier molecular flexibility index (Phi) is 6.07. The van der Waals surface area contributed by atoms with Crippen molar-refractivity contribution in [2.45, 2.75) is 19.0 Å². The van der Waals surface area contributed by atoms with Crippen molar-refractivity contribution in [3.8, 4) is 0 Å². The van der Waals surface area contributed by atoms with Gasteiger partial charge >= 0.3 is 0 Å². The molecule has 1 N–H and O–H groups in total. The third kappa shape index (κ3) is 4.66. The van der Waals surface area contributed by atoms with Crippen LogP contribution in [0.25, 0.3) is 0 Å². The summed E-state index contributed by atoms with van der Waals surface area (Å²) >= 11 is 0. The highest BCUT2D eigenvalue weighted by atomic mass is 19.1. The molecule has 1 saturated heterocycles. The molecule has 0 saturated carbocycles. The zero-order valence-corrected chi connectivity index (χ0v) is 18.9. The van der Waals surface area contributed by atoms with Gasteiger partial charge in [0.25, 0.3) is 5.69 Å². The predicted molar refractivity (Wildman–Crippen MR) is 128 cm³/mol. The van der Waals surface area contributed by atoms with E-state index in [4.69, 9.17) is 0 Å². The van der Waals surface area contributed by atoms with Gasteiger partial charge in [0, 0.05) is 49.7 Å². The maximum atomic E-state index is 13.6. The monoisotopic (exact) mass is 478 g/mol. The summed E-state index contributed by atoms with van der Waals surface area (Å²) in [6.07, 6.45) is 0.352. The van der Waals surface area contributed by atoms with Gasteiger partial charge in [0.2, 0.25) is 5.91 Å². The summed E-state index contributed by atoms with van der Waals surface area (Å²) in [4.78, 5) is 28.6. The minimum atomic E-state index is -0.471. The summed E-state index contributed by atoms with van der Waals surface area (Å²) in [7, 11) is 0. The second-order valence-corrected chi connectivity index (χ2v) is 8.91. The number of halogens is 2. The lowest BCUT2D eigenvalue weighted by molar-refractivity contribution is -0.384. The van der Waals surface area contributed by atoms with Crippen LogP contribution in [-0.4, -0.2) is 36.5 Å². The van der Waals surface area contributed by atoms with E-state index >= 15 is 0 Å². The molecule has 1 amide bonds. The van der Waals surface area contributed by atoms with E-state index in [1.165, 1.54) is 30.3 Å². The highest BCUT2D eigenvalue weighted by Gasteiger charge is 2.42. The SMILES string of the molecule is O=C(NCc1cccc(F)c1)C1Cc2cc([N+](=O)[O-])ccc2N2CCN(c3ccc(F)cc3)CC12. The van der Waals surface area contributed by atoms with Crippen molar-refractivity contribution >= 4 is 23.0 Å². The van der Waals surface area contributed by atoms with Crippen LogP contribution >= 0.6 is 0 Å². The Hall–Kier alpha value is -4.01. The van der Waals surface area contributed by atoms with Crippen molar-refractivity contribution in [1.29, 1.82) is 0 Å². The number of fused-ring (bicyclic) bond motifs is 3. The van der Waals surface area contributed by atoms with Crippen LogP contribution in [0.4, 0.5) is 25.8 Å². The molecule has 1 fully saturated rings. The number of piperazine rings is 1. The number of nitrogens with zero attached hydrogens (tertiary/aromatic N) is 3. The Balaban J connectivity index is 1.43. The minimum Gasteiger partial charge on any atom is -0.368 e. The molecule has 2 unspecified atom stereocenters. The number of nitrogens with one attached hydrogen (secondary N) is 1. The number of nitro benzene ring substituents is 1. The van der Waals surface area contributed by atoms with E-state index in [0.29, 0.717) is 31.6 Å². The number of hydrogen-bond donors (Lipinski definition) is 1. The largest absolute Gasteiger partial charge is 0.368 e. The van der Waals surface area contributed by atoms with Gasteiger partial charge in [-0.25, -0.2) is 8.78 Å². The minimum absolute atomic E-state index is 0.00827. The fraction of sp³-hybridized carbons (Fsp3) is 0.269. The van der Waals surface area contributed by atoms with Crippen molar-refractivity contribution in [1.82, 2.24) is 5.32 Å². The van der Waals surface area contributed by atoms with Gasteiger partial charge in [0.05, 0.1) is 16.9 Å². The second-order valence-electron chi connectivity index (χ2n) is 8.91. The van der Waals surface area contributed by atoms with Crippen LogP contribution in [0, 0.1) is 27.7 Å². The van der Waals surface area contributed by atoms with Gasteiger partial charge in [-0.3, -0.25) is 14.9 Å². The maximum absolute atomic E-state index is 13.6. The molecular formula is C26H24F2N4O3.